The molecule has 0 saturated heterocycles. The topological polar surface area (TPSA) is 56.2 Å². The van der Waals surface area contributed by atoms with Crippen molar-refractivity contribution in [2.45, 2.75) is 20.0 Å². The number of halogens is 1. The minimum absolute atomic E-state index is 0.389. The van der Waals surface area contributed by atoms with Gasteiger partial charge in [-0.3, -0.25) is 0 Å². The first kappa shape index (κ1) is 14.4. The molecule has 0 spiro atoms. The smallest absolute Gasteiger partial charge is 0.337 e. The van der Waals surface area contributed by atoms with Crippen LogP contribution in [0.4, 0.5) is 5.69 Å². The quantitative estimate of drug-likeness (QED) is 0.861. The lowest BCUT2D eigenvalue weighted by Gasteiger charge is -2.10. The molecular formula is C14H16ClN3O2. The van der Waals surface area contributed by atoms with Gasteiger partial charge < -0.3 is 14.6 Å². The van der Waals surface area contributed by atoms with E-state index in [1.54, 1.807) is 24.4 Å². The maximum Gasteiger partial charge on any atom is 0.337 e. The van der Waals surface area contributed by atoms with Crippen LogP contribution in [0.3, 0.4) is 0 Å². The largest absolute Gasteiger partial charge is 0.465 e. The second kappa shape index (κ2) is 6.43. The molecule has 1 heterocycles. The van der Waals surface area contributed by atoms with Crippen molar-refractivity contribution in [2.75, 3.05) is 12.4 Å². The fourth-order valence-electron chi connectivity index (χ4n) is 1.88. The van der Waals surface area contributed by atoms with Crippen LogP contribution in [0, 0.1) is 0 Å². The van der Waals surface area contributed by atoms with E-state index in [2.05, 4.69) is 17.2 Å². The van der Waals surface area contributed by atoms with Gasteiger partial charge in [-0.1, -0.05) is 11.6 Å². The van der Waals surface area contributed by atoms with Gasteiger partial charge in [0.1, 0.15) is 5.82 Å². The predicted octanol–water partition coefficient (Wildman–Crippen LogP) is 2.96. The number of benzene rings is 1. The number of anilines is 1. The fourth-order valence-corrected chi connectivity index (χ4v) is 2.06. The Balaban J connectivity index is 2.14. The van der Waals surface area contributed by atoms with E-state index >= 15 is 0 Å². The third-order valence-corrected chi connectivity index (χ3v) is 3.30. The van der Waals surface area contributed by atoms with Gasteiger partial charge in [0, 0.05) is 18.9 Å². The van der Waals surface area contributed by atoms with E-state index < -0.39 is 0 Å². The van der Waals surface area contributed by atoms with E-state index in [1.165, 1.54) is 7.11 Å². The summed E-state index contributed by atoms with van der Waals surface area (Å²) in [6.45, 7) is 3.44. The Kier molecular flexibility index (Phi) is 4.63. The molecule has 0 fully saturated rings. The summed E-state index contributed by atoms with van der Waals surface area (Å²) in [5.74, 6) is 0.520. The van der Waals surface area contributed by atoms with Crippen LogP contribution in [0.5, 0.6) is 0 Å². The summed E-state index contributed by atoms with van der Waals surface area (Å²) in [5, 5.41) is 3.73. The number of aryl methyl sites for hydroxylation is 1. The highest BCUT2D eigenvalue weighted by Gasteiger charge is 2.09. The van der Waals surface area contributed by atoms with Crippen molar-refractivity contribution in [3.63, 3.8) is 0 Å². The van der Waals surface area contributed by atoms with E-state index in [1.807, 2.05) is 10.8 Å². The maximum atomic E-state index is 11.5. The molecule has 2 aromatic rings. The van der Waals surface area contributed by atoms with Crippen LogP contribution in [-0.2, 0) is 17.8 Å². The molecule has 0 radical (unpaired) electrons. The highest BCUT2D eigenvalue weighted by molar-refractivity contribution is 6.33. The van der Waals surface area contributed by atoms with Crippen molar-refractivity contribution in [2.24, 2.45) is 0 Å². The lowest BCUT2D eigenvalue weighted by atomic mass is 10.2. The molecule has 1 N–H and O–H groups in total. The highest BCUT2D eigenvalue weighted by atomic mass is 35.5. The molecule has 1 aromatic carbocycles. The van der Waals surface area contributed by atoms with E-state index in [9.17, 15) is 4.79 Å². The van der Waals surface area contributed by atoms with Crippen LogP contribution < -0.4 is 5.32 Å². The second-order valence-electron chi connectivity index (χ2n) is 4.17. The molecule has 0 atom stereocenters. The number of imidazole rings is 1. The summed E-state index contributed by atoms with van der Waals surface area (Å²) in [5.41, 5.74) is 1.14. The van der Waals surface area contributed by atoms with E-state index in [-0.39, 0.29) is 5.97 Å². The average Bonchev–Trinajstić information content (AvgIpc) is 2.93. The molecule has 0 unspecified atom stereocenters. The van der Waals surface area contributed by atoms with Crippen LogP contribution in [0.1, 0.15) is 23.1 Å². The number of rotatable bonds is 5. The Morgan fingerprint density at radius 1 is 1.50 bits per heavy atom. The molecule has 0 bridgehead atoms. The first-order valence-electron chi connectivity index (χ1n) is 6.27. The Bertz CT molecular complexity index is 610. The summed E-state index contributed by atoms with van der Waals surface area (Å²) >= 11 is 6.12. The summed E-state index contributed by atoms with van der Waals surface area (Å²) in [4.78, 5) is 15.8. The minimum atomic E-state index is -0.389. The Morgan fingerprint density at radius 3 is 3.00 bits per heavy atom. The van der Waals surface area contributed by atoms with Crippen LogP contribution in [0.2, 0.25) is 5.02 Å². The molecule has 0 aliphatic rings. The van der Waals surface area contributed by atoms with Gasteiger partial charge in [-0.2, -0.15) is 0 Å². The van der Waals surface area contributed by atoms with Crippen LogP contribution in [0.15, 0.2) is 30.6 Å². The number of carbonyl (C=O) groups is 1. The lowest BCUT2D eigenvalue weighted by molar-refractivity contribution is 0.0601. The number of carbonyl (C=O) groups excluding carboxylic acids is 1. The number of hydrogen-bond donors (Lipinski definition) is 1. The molecule has 0 aliphatic heterocycles. The van der Waals surface area contributed by atoms with Crippen molar-refractivity contribution in [3.8, 4) is 0 Å². The van der Waals surface area contributed by atoms with Gasteiger partial charge >= 0.3 is 5.97 Å². The van der Waals surface area contributed by atoms with Crippen molar-refractivity contribution in [1.82, 2.24) is 9.55 Å². The van der Waals surface area contributed by atoms with Crippen LogP contribution in [-0.4, -0.2) is 22.6 Å². The third-order valence-electron chi connectivity index (χ3n) is 2.97. The zero-order valence-corrected chi connectivity index (χ0v) is 12.1. The van der Waals surface area contributed by atoms with Gasteiger partial charge in [-0.25, -0.2) is 9.78 Å². The zero-order chi connectivity index (χ0) is 14.5. The van der Waals surface area contributed by atoms with Gasteiger partial charge in [-0.15, -0.1) is 0 Å². The van der Waals surface area contributed by atoms with E-state index in [4.69, 9.17) is 16.3 Å². The van der Waals surface area contributed by atoms with E-state index in [0.29, 0.717) is 22.8 Å². The standard InChI is InChI=1S/C14H16ClN3O2/c1-3-18-7-6-16-13(18)9-17-12-8-10(14(19)20-2)4-5-11(12)15/h4-8,17H,3,9H2,1-2H3. The van der Waals surface area contributed by atoms with Gasteiger partial charge in [-0.05, 0) is 25.1 Å². The second-order valence-corrected chi connectivity index (χ2v) is 4.58. The van der Waals surface area contributed by atoms with Gasteiger partial charge in [0.15, 0.2) is 0 Å². The zero-order valence-electron chi connectivity index (χ0n) is 11.4. The maximum absolute atomic E-state index is 11.5. The Labute approximate surface area is 122 Å². The normalized spacial score (nSPS) is 10.3. The Morgan fingerprint density at radius 2 is 2.30 bits per heavy atom. The average molecular weight is 294 g/mol. The first-order chi connectivity index (χ1) is 9.65. The predicted molar refractivity (Wildman–Crippen MR) is 78.0 cm³/mol. The van der Waals surface area contributed by atoms with Crippen molar-refractivity contribution >= 4 is 23.3 Å². The molecule has 0 amide bonds. The molecule has 5 nitrogen and oxygen atoms in total. The number of nitrogens with one attached hydrogen (secondary N) is 1. The molecule has 1 aromatic heterocycles. The molecule has 106 valence electrons. The van der Waals surface area contributed by atoms with Gasteiger partial charge in [0.2, 0.25) is 0 Å². The van der Waals surface area contributed by atoms with Crippen LogP contribution in [0.25, 0.3) is 0 Å². The summed E-state index contributed by atoms with van der Waals surface area (Å²) in [7, 11) is 1.35. The molecule has 6 heteroatoms. The highest BCUT2D eigenvalue weighted by Crippen LogP contribution is 2.24. The Hall–Kier alpha value is -2.01. The molecule has 0 saturated carbocycles. The van der Waals surface area contributed by atoms with Crippen molar-refractivity contribution in [3.05, 3.63) is 47.0 Å². The van der Waals surface area contributed by atoms with Gasteiger partial charge in [0.25, 0.3) is 0 Å². The number of nitrogens with zero attached hydrogens (tertiary/aromatic N) is 2. The fraction of sp³-hybridized carbons (Fsp3) is 0.286. The first-order valence-corrected chi connectivity index (χ1v) is 6.65. The summed E-state index contributed by atoms with van der Waals surface area (Å²) in [6, 6.07) is 4.97. The number of hydrogen-bond acceptors (Lipinski definition) is 4. The van der Waals surface area contributed by atoms with E-state index in [0.717, 1.165) is 12.4 Å². The summed E-state index contributed by atoms with van der Waals surface area (Å²) < 4.78 is 6.72. The summed E-state index contributed by atoms with van der Waals surface area (Å²) in [6.07, 6.45) is 3.68. The molecule has 0 aliphatic carbocycles. The molecular weight excluding hydrogens is 278 g/mol. The van der Waals surface area contributed by atoms with Crippen molar-refractivity contribution < 1.29 is 9.53 Å². The van der Waals surface area contributed by atoms with Crippen LogP contribution >= 0.6 is 11.6 Å². The number of methoxy groups -OCH3 is 1. The minimum Gasteiger partial charge on any atom is -0.465 e. The third kappa shape index (κ3) is 3.11. The van der Waals surface area contributed by atoms with Gasteiger partial charge in [0.05, 0.1) is 29.9 Å². The number of esters is 1. The SMILES string of the molecule is CCn1ccnc1CNc1cc(C(=O)OC)ccc1Cl. The number of aromatic nitrogens is 2. The number of ether oxygens (including phenoxy) is 1. The lowest BCUT2D eigenvalue weighted by Crippen LogP contribution is -2.09. The van der Waals surface area contributed by atoms with Crippen molar-refractivity contribution in [1.29, 1.82) is 0 Å². The monoisotopic (exact) mass is 293 g/mol. The molecule has 2 rings (SSSR count). The molecule has 20 heavy (non-hydrogen) atoms.